The van der Waals surface area contributed by atoms with E-state index in [1.807, 2.05) is 34.3 Å². The second-order valence-corrected chi connectivity index (χ2v) is 7.58. The van der Waals surface area contributed by atoms with Gasteiger partial charge in [-0.05, 0) is 38.0 Å². The molecule has 0 heterocycles. The number of hydrogen-bond acceptors (Lipinski definition) is 5. The highest BCUT2D eigenvalue weighted by atomic mass is 19.2. The number of nitrogens with zero attached hydrogens (tertiary/aromatic N) is 1. The first kappa shape index (κ1) is 31.7. The van der Waals surface area contributed by atoms with Gasteiger partial charge in [0.25, 0.3) is 5.91 Å². The summed E-state index contributed by atoms with van der Waals surface area (Å²) in [6.07, 6.45) is 2.47. The van der Waals surface area contributed by atoms with Crippen LogP contribution in [0.3, 0.4) is 0 Å². The molecule has 194 valence electrons. The van der Waals surface area contributed by atoms with Crippen molar-refractivity contribution in [3.8, 4) is 0 Å². The lowest BCUT2D eigenvalue weighted by atomic mass is 10.1. The van der Waals surface area contributed by atoms with Crippen molar-refractivity contribution in [2.45, 2.75) is 58.6 Å². The second kappa shape index (κ2) is 16.4. The van der Waals surface area contributed by atoms with Crippen LogP contribution in [-0.4, -0.2) is 43.3 Å². The maximum atomic E-state index is 14.7. The number of halogens is 4. The van der Waals surface area contributed by atoms with Gasteiger partial charge in [0.1, 0.15) is 19.4 Å². The minimum absolute atomic E-state index is 0.0558. The van der Waals surface area contributed by atoms with Crippen molar-refractivity contribution in [2.75, 3.05) is 16.8 Å². The van der Waals surface area contributed by atoms with Crippen molar-refractivity contribution in [3.05, 3.63) is 59.2 Å². The molecule has 6 nitrogen and oxygen atoms in total. The molecule has 0 bridgehead atoms. The molecule has 35 heavy (non-hydrogen) atoms. The Balaban J connectivity index is 0.00000274. The van der Waals surface area contributed by atoms with E-state index >= 15 is 0 Å². The third-order valence-electron chi connectivity index (χ3n) is 5.15. The number of unbranched alkanes of at least 4 members (excludes halogenated alkanes) is 1. The molecule has 2 unspecified atom stereocenters. The monoisotopic (exact) mass is 500 g/mol. The molecule has 0 aliphatic rings. The summed E-state index contributed by atoms with van der Waals surface area (Å²) in [6.45, 7) is 9.98. The Labute approximate surface area is 202 Å². The van der Waals surface area contributed by atoms with Crippen LogP contribution in [0.5, 0.6) is 0 Å². The van der Waals surface area contributed by atoms with Crippen LogP contribution in [0.4, 0.5) is 28.9 Å². The number of aliphatic hydroxyl groups is 1. The van der Waals surface area contributed by atoms with Crippen LogP contribution in [0.15, 0.2) is 30.3 Å². The minimum atomic E-state index is -1.63. The molecule has 0 saturated heterocycles. The van der Waals surface area contributed by atoms with Gasteiger partial charge in [0, 0.05) is 36.0 Å². The van der Waals surface area contributed by atoms with Crippen molar-refractivity contribution in [1.29, 1.82) is 0 Å². The number of nitrogens with one attached hydrogen (secondary N) is 1. The molecule has 0 fully saturated rings. The fraction of sp³-hybridized carbons (Fsp3) is 0.400. The molecular formula is C25H32F4N2O4. The van der Waals surface area contributed by atoms with Crippen LogP contribution in [-0.2, 0) is 9.59 Å². The van der Waals surface area contributed by atoms with Crippen LogP contribution in [0.25, 0.3) is 0 Å². The average molecular weight is 501 g/mol. The van der Waals surface area contributed by atoms with Gasteiger partial charge in [0.2, 0.25) is 0 Å². The van der Waals surface area contributed by atoms with E-state index in [4.69, 9.17) is 9.59 Å². The Hall–Kier alpha value is -3.27. The van der Waals surface area contributed by atoms with Crippen LogP contribution in [0.2, 0.25) is 0 Å². The SMILES string of the molecule is C=O.C=O.CCCCC(C)N(CC(O)CC)c1cc(C(=O)Nc2cc(F)c(F)c(F)c2)ccc1F. The van der Waals surface area contributed by atoms with Crippen molar-refractivity contribution in [2.24, 2.45) is 0 Å². The summed E-state index contributed by atoms with van der Waals surface area (Å²) in [5, 5.41) is 12.4. The second-order valence-electron chi connectivity index (χ2n) is 7.58. The lowest BCUT2D eigenvalue weighted by molar-refractivity contribution is -0.0987. The predicted octanol–water partition coefficient (Wildman–Crippen LogP) is 5.28. The Morgan fingerprint density at radius 2 is 1.57 bits per heavy atom. The Bertz CT molecular complexity index is 921. The first-order valence-electron chi connectivity index (χ1n) is 11.0. The fourth-order valence-corrected chi connectivity index (χ4v) is 3.23. The average Bonchev–Trinajstić information content (AvgIpc) is 2.86. The van der Waals surface area contributed by atoms with E-state index < -0.39 is 35.3 Å². The third kappa shape index (κ3) is 9.48. The number of rotatable bonds is 10. The molecule has 2 atom stereocenters. The normalized spacial score (nSPS) is 11.8. The number of hydrogen-bond donors (Lipinski definition) is 2. The molecule has 0 aromatic heterocycles. The van der Waals surface area contributed by atoms with E-state index in [2.05, 4.69) is 5.32 Å². The van der Waals surface area contributed by atoms with Gasteiger partial charge in [-0.1, -0.05) is 26.7 Å². The molecule has 0 aliphatic carbocycles. The predicted molar refractivity (Wildman–Crippen MR) is 128 cm³/mol. The minimum Gasteiger partial charge on any atom is -0.391 e. The number of aliphatic hydroxyl groups excluding tert-OH is 1. The van der Waals surface area contributed by atoms with E-state index in [0.29, 0.717) is 18.6 Å². The zero-order chi connectivity index (χ0) is 27.1. The number of benzene rings is 2. The molecule has 0 saturated carbocycles. The molecule has 10 heteroatoms. The Morgan fingerprint density at radius 3 is 2.09 bits per heavy atom. The van der Waals surface area contributed by atoms with Gasteiger partial charge in [-0.2, -0.15) is 0 Å². The van der Waals surface area contributed by atoms with Crippen LogP contribution in [0.1, 0.15) is 56.8 Å². The summed E-state index contributed by atoms with van der Waals surface area (Å²) in [6, 6.07) is 4.96. The highest BCUT2D eigenvalue weighted by molar-refractivity contribution is 6.04. The van der Waals surface area contributed by atoms with E-state index in [1.54, 1.807) is 4.90 Å². The van der Waals surface area contributed by atoms with Gasteiger partial charge in [-0.15, -0.1) is 0 Å². The number of amides is 1. The highest BCUT2D eigenvalue weighted by Gasteiger charge is 2.22. The smallest absolute Gasteiger partial charge is 0.255 e. The van der Waals surface area contributed by atoms with Crippen molar-refractivity contribution in [1.82, 2.24) is 0 Å². The van der Waals surface area contributed by atoms with E-state index in [1.165, 1.54) is 12.1 Å². The van der Waals surface area contributed by atoms with Gasteiger partial charge in [-0.25, -0.2) is 17.6 Å². The van der Waals surface area contributed by atoms with Crippen LogP contribution < -0.4 is 10.2 Å². The Morgan fingerprint density at radius 1 is 1.00 bits per heavy atom. The number of anilines is 2. The summed E-state index contributed by atoms with van der Waals surface area (Å²) in [4.78, 5) is 30.3. The maximum absolute atomic E-state index is 14.7. The molecule has 0 aliphatic heterocycles. The third-order valence-corrected chi connectivity index (χ3v) is 5.15. The van der Waals surface area contributed by atoms with E-state index in [-0.39, 0.29) is 29.5 Å². The zero-order valence-electron chi connectivity index (χ0n) is 20.1. The number of carbonyl (C=O) groups is 3. The summed E-state index contributed by atoms with van der Waals surface area (Å²) >= 11 is 0. The Kier molecular flexibility index (Phi) is 14.8. The van der Waals surface area contributed by atoms with Crippen LogP contribution in [0, 0.1) is 23.3 Å². The van der Waals surface area contributed by atoms with E-state index in [0.717, 1.165) is 25.3 Å². The van der Waals surface area contributed by atoms with Gasteiger partial charge in [0.15, 0.2) is 17.5 Å². The van der Waals surface area contributed by atoms with Gasteiger partial charge in [0.05, 0.1) is 11.8 Å². The number of carbonyl (C=O) groups excluding carboxylic acids is 3. The molecule has 0 spiro atoms. The summed E-state index contributed by atoms with van der Waals surface area (Å²) in [7, 11) is 0. The van der Waals surface area contributed by atoms with Gasteiger partial charge >= 0.3 is 0 Å². The zero-order valence-corrected chi connectivity index (χ0v) is 20.1. The summed E-state index contributed by atoms with van der Waals surface area (Å²) in [5.74, 6) is -5.78. The molecular weight excluding hydrogens is 468 g/mol. The molecule has 2 aromatic carbocycles. The topological polar surface area (TPSA) is 86.7 Å². The molecule has 1 amide bonds. The largest absolute Gasteiger partial charge is 0.391 e. The van der Waals surface area contributed by atoms with Crippen molar-refractivity contribution >= 4 is 30.9 Å². The highest BCUT2D eigenvalue weighted by Crippen LogP contribution is 2.26. The summed E-state index contributed by atoms with van der Waals surface area (Å²) < 4.78 is 54.7. The molecule has 2 aromatic rings. The first-order valence-corrected chi connectivity index (χ1v) is 11.0. The standard InChI is InChI=1S/C23H28F4N2O2.2CH2O/c1-4-6-7-14(3)29(13-17(30)5-2)21-10-15(8-9-18(21)24)23(31)28-16-11-19(25)22(27)20(26)12-16;2*1-2/h8-12,14,17,30H,4-7,13H2,1-3H3,(H,28,31);2*1H2. The lowest BCUT2D eigenvalue weighted by Gasteiger charge is -2.33. The van der Waals surface area contributed by atoms with Crippen LogP contribution >= 0.6 is 0 Å². The maximum Gasteiger partial charge on any atom is 0.255 e. The van der Waals surface area contributed by atoms with Gasteiger partial charge in [-0.3, -0.25) is 4.79 Å². The van der Waals surface area contributed by atoms with Crippen molar-refractivity contribution < 1.29 is 37.1 Å². The fourth-order valence-electron chi connectivity index (χ4n) is 3.23. The lowest BCUT2D eigenvalue weighted by Crippen LogP contribution is -2.39. The summed E-state index contributed by atoms with van der Waals surface area (Å²) in [5.41, 5.74) is -0.0534. The first-order chi connectivity index (χ1) is 16.7. The molecule has 2 N–H and O–H groups in total. The molecule has 2 rings (SSSR count). The quantitative estimate of drug-likeness (QED) is 0.342. The molecule has 0 radical (unpaired) electrons. The van der Waals surface area contributed by atoms with E-state index in [9.17, 15) is 27.5 Å². The van der Waals surface area contributed by atoms with Crippen molar-refractivity contribution in [3.63, 3.8) is 0 Å². The van der Waals surface area contributed by atoms with Gasteiger partial charge < -0.3 is 24.9 Å².